The SMILES string of the molecule is C1=CC=C(C2CCC2)NC=C1. The van der Waals surface area contributed by atoms with Gasteiger partial charge in [0.2, 0.25) is 0 Å². The van der Waals surface area contributed by atoms with Crippen molar-refractivity contribution < 1.29 is 0 Å². The Morgan fingerprint density at radius 2 is 2.09 bits per heavy atom. The minimum absolute atomic E-state index is 0.808. The molecule has 1 aliphatic carbocycles. The number of hydrogen-bond acceptors (Lipinski definition) is 1. The van der Waals surface area contributed by atoms with Gasteiger partial charge in [-0.25, -0.2) is 0 Å². The van der Waals surface area contributed by atoms with Crippen molar-refractivity contribution in [3.63, 3.8) is 0 Å². The van der Waals surface area contributed by atoms with E-state index in [-0.39, 0.29) is 0 Å². The second-order valence-electron chi connectivity index (χ2n) is 3.14. The van der Waals surface area contributed by atoms with Gasteiger partial charge in [0, 0.05) is 11.9 Å². The lowest BCUT2D eigenvalue weighted by atomic mass is 9.82. The van der Waals surface area contributed by atoms with Crippen LogP contribution in [0.15, 0.2) is 36.2 Å². The third-order valence-corrected chi connectivity index (χ3v) is 2.39. The predicted molar refractivity (Wildman–Crippen MR) is 46.8 cm³/mol. The zero-order valence-electron chi connectivity index (χ0n) is 6.59. The molecule has 1 heteroatoms. The average molecular weight is 147 g/mol. The maximum absolute atomic E-state index is 3.30. The normalized spacial score (nSPS) is 23.5. The lowest BCUT2D eigenvalue weighted by Crippen LogP contribution is -2.21. The zero-order chi connectivity index (χ0) is 7.52. The Morgan fingerprint density at radius 3 is 2.82 bits per heavy atom. The van der Waals surface area contributed by atoms with Crippen LogP contribution in [0.25, 0.3) is 0 Å². The van der Waals surface area contributed by atoms with E-state index in [9.17, 15) is 0 Å². The van der Waals surface area contributed by atoms with Gasteiger partial charge in [0.1, 0.15) is 0 Å². The molecule has 0 saturated heterocycles. The highest BCUT2D eigenvalue weighted by Crippen LogP contribution is 2.31. The molecule has 11 heavy (non-hydrogen) atoms. The first-order valence-electron chi connectivity index (χ1n) is 4.27. The second kappa shape index (κ2) is 2.95. The van der Waals surface area contributed by atoms with Crippen molar-refractivity contribution >= 4 is 0 Å². The molecule has 0 amide bonds. The summed E-state index contributed by atoms with van der Waals surface area (Å²) in [5.74, 6) is 0.808. The molecule has 1 saturated carbocycles. The minimum atomic E-state index is 0.808. The summed E-state index contributed by atoms with van der Waals surface area (Å²) in [6.45, 7) is 0. The highest BCUT2D eigenvalue weighted by Gasteiger charge is 2.20. The molecule has 0 unspecified atom stereocenters. The average Bonchev–Trinajstić information content (AvgIpc) is 2.12. The third kappa shape index (κ3) is 1.37. The van der Waals surface area contributed by atoms with E-state index < -0.39 is 0 Å². The molecule has 0 radical (unpaired) electrons. The Hall–Kier alpha value is -0.980. The van der Waals surface area contributed by atoms with Crippen molar-refractivity contribution in [3.05, 3.63) is 36.2 Å². The Balaban J connectivity index is 2.06. The summed E-state index contributed by atoms with van der Waals surface area (Å²) in [5, 5.41) is 3.30. The molecule has 0 aromatic carbocycles. The second-order valence-corrected chi connectivity index (χ2v) is 3.14. The maximum Gasteiger partial charge on any atom is 0.0178 e. The van der Waals surface area contributed by atoms with Gasteiger partial charge in [-0.3, -0.25) is 0 Å². The van der Waals surface area contributed by atoms with E-state index in [0.717, 1.165) is 5.92 Å². The van der Waals surface area contributed by atoms with Crippen molar-refractivity contribution in [2.24, 2.45) is 5.92 Å². The number of hydrogen-bond donors (Lipinski definition) is 1. The highest BCUT2D eigenvalue weighted by atomic mass is 14.9. The predicted octanol–water partition coefficient (Wildman–Crippen LogP) is 2.34. The summed E-state index contributed by atoms with van der Waals surface area (Å²) in [4.78, 5) is 0. The lowest BCUT2D eigenvalue weighted by Gasteiger charge is -2.27. The summed E-state index contributed by atoms with van der Waals surface area (Å²) < 4.78 is 0. The fourth-order valence-corrected chi connectivity index (χ4v) is 1.44. The molecule has 1 nitrogen and oxygen atoms in total. The molecule has 0 atom stereocenters. The van der Waals surface area contributed by atoms with Crippen molar-refractivity contribution in [2.45, 2.75) is 19.3 Å². The quantitative estimate of drug-likeness (QED) is 0.600. The molecule has 1 heterocycles. The first kappa shape index (κ1) is 6.71. The lowest BCUT2D eigenvalue weighted by molar-refractivity contribution is 0.357. The summed E-state index contributed by atoms with van der Waals surface area (Å²) in [6, 6.07) is 0. The fourth-order valence-electron chi connectivity index (χ4n) is 1.44. The topological polar surface area (TPSA) is 12.0 Å². The minimum Gasteiger partial charge on any atom is -0.365 e. The van der Waals surface area contributed by atoms with Gasteiger partial charge in [-0.15, -0.1) is 0 Å². The molecule has 58 valence electrons. The van der Waals surface area contributed by atoms with Crippen LogP contribution in [0.2, 0.25) is 0 Å². The van der Waals surface area contributed by atoms with E-state index in [1.165, 1.54) is 25.0 Å². The molecule has 0 spiro atoms. The van der Waals surface area contributed by atoms with E-state index in [1.54, 1.807) is 0 Å². The molecule has 0 aromatic heterocycles. The van der Waals surface area contributed by atoms with Gasteiger partial charge >= 0.3 is 0 Å². The van der Waals surface area contributed by atoms with Crippen LogP contribution in [-0.4, -0.2) is 0 Å². The van der Waals surface area contributed by atoms with E-state index >= 15 is 0 Å². The van der Waals surface area contributed by atoms with Gasteiger partial charge in [-0.05, 0) is 30.9 Å². The molecule has 1 fully saturated rings. The zero-order valence-corrected chi connectivity index (χ0v) is 6.59. The molecule has 1 aliphatic heterocycles. The van der Waals surface area contributed by atoms with E-state index in [2.05, 4.69) is 23.5 Å². The summed E-state index contributed by atoms with van der Waals surface area (Å²) in [6.07, 6.45) is 14.5. The van der Waals surface area contributed by atoms with Gasteiger partial charge in [0.25, 0.3) is 0 Å². The van der Waals surface area contributed by atoms with Gasteiger partial charge in [-0.2, -0.15) is 0 Å². The van der Waals surface area contributed by atoms with Gasteiger partial charge in [0.15, 0.2) is 0 Å². The molecular formula is C10H13N. The molecule has 0 aromatic rings. The Labute approximate surface area is 67.5 Å². The van der Waals surface area contributed by atoms with E-state index in [4.69, 9.17) is 0 Å². The van der Waals surface area contributed by atoms with Crippen molar-refractivity contribution in [1.82, 2.24) is 5.32 Å². The largest absolute Gasteiger partial charge is 0.365 e. The summed E-state index contributed by atoms with van der Waals surface area (Å²) in [5.41, 5.74) is 1.39. The Kier molecular flexibility index (Phi) is 1.80. The van der Waals surface area contributed by atoms with Crippen molar-refractivity contribution in [1.29, 1.82) is 0 Å². The summed E-state index contributed by atoms with van der Waals surface area (Å²) in [7, 11) is 0. The molecule has 1 N–H and O–H groups in total. The van der Waals surface area contributed by atoms with Gasteiger partial charge < -0.3 is 5.32 Å². The van der Waals surface area contributed by atoms with E-state index in [1.807, 2.05) is 12.3 Å². The number of nitrogens with one attached hydrogen (secondary N) is 1. The Bertz CT molecular complexity index is 219. The molecule has 0 bridgehead atoms. The number of allylic oxidation sites excluding steroid dienone is 5. The van der Waals surface area contributed by atoms with Crippen LogP contribution >= 0.6 is 0 Å². The first-order chi connectivity index (χ1) is 5.47. The fraction of sp³-hybridized carbons (Fsp3) is 0.400. The van der Waals surface area contributed by atoms with Crippen LogP contribution in [0, 0.1) is 5.92 Å². The standard InChI is InChI=1S/C10H13N/c1-2-7-10(11-8-3-1)9-5-4-6-9/h1-3,7-9,11H,4-6H2. The van der Waals surface area contributed by atoms with Crippen LogP contribution in [-0.2, 0) is 0 Å². The first-order valence-corrected chi connectivity index (χ1v) is 4.27. The molecular weight excluding hydrogens is 134 g/mol. The van der Waals surface area contributed by atoms with Crippen LogP contribution < -0.4 is 5.32 Å². The molecule has 2 aliphatic rings. The highest BCUT2D eigenvalue weighted by molar-refractivity contribution is 5.23. The Morgan fingerprint density at radius 1 is 1.18 bits per heavy atom. The van der Waals surface area contributed by atoms with Crippen LogP contribution in [0.5, 0.6) is 0 Å². The monoisotopic (exact) mass is 147 g/mol. The van der Waals surface area contributed by atoms with Crippen molar-refractivity contribution in [3.8, 4) is 0 Å². The van der Waals surface area contributed by atoms with Gasteiger partial charge in [-0.1, -0.05) is 18.6 Å². The van der Waals surface area contributed by atoms with Crippen molar-refractivity contribution in [2.75, 3.05) is 0 Å². The maximum atomic E-state index is 3.30. The smallest absolute Gasteiger partial charge is 0.0178 e. The summed E-state index contributed by atoms with van der Waals surface area (Å²) >= 11 is 0. The van der Waals surface area contributed by atoms with Crippen LogP contribution in [0.1, 0.15) is 19.3 Å². The third-order valence-electron chi connectivity index (χ3n) is 2.39. The van der Waals surface area contributed by atoms with Crippen LogP contribution in [0.4, 0.5) is 0 Å². The number of rotatable bonds is 1. The molecule has 2 rings (SSSR count). The van der Waals surface area contributed by atoms with E-state index in [0.29, 0.717) is 0 Å². The van der Waals surface area contributed by atoms with Crippen LogP contribution in [0.3, 0.4) is 0 Å². The van der Waals surface area contributed by atoms with Gasteiger partial charge in [0.05, 0.1) is 0 Å².